The normalized spacial score (nSPS) is 29.6. The monoisotopic (exact) mass is 281 g/mol. The van der Waals surface area contributed by atoms with E-state index < -0.39 is 0 Å². The lowest BCUT2D eigenvalue weighted by Gasteiger charge is -2.48. The number of hydrogen-bond acceptors (Lipinski definition) is 1. The quantitative estimate of drug-likeness (QED) is 0.505. The molecule has 1 saturated heterocycles. The third-order valence-electron chi connectivity index (χ3n) is 4.95. The highest BCUT2D eigenvalue weighted by atomic mass is 15.1. The Morgan fingerprint density at radius 3 is 2.15 bits per heavy atom. The van der Waals surface area contributed by atoms with Gasteiger partial charge in [-0.3, -0.25) is 0 Å². The first-order valence-electron chi connectivity index (χ1n) is 9.20. The van der Waals surface area contributed by atoms with Gasteiger partial charge < -0.3 is 5.32 Å². The SMILES string of the molecule is CCCCCCCCC1CC(C)(C)NC(C)(CCC)C1. The molecule has 1 fully saturated rings. The topological polar surface area (TPSA) is 12.0 Å². The zero-order valence-electron chi connectivity index (χ0n) is 14.9. The minimum Gasteiger partial charge on any atom is -0.307 e. The Morgan fingerprint density at radius 2 is 1.50 bits per heavy atom. The van der Waals surface area contributed by atoms with Crippen LogP contribution in [-0.2, 0) is 0 Å². The molecule has 0 aliphatic carbocycles. The summed E-state index contributed by atoms with van der Waals surface area (Å²) < 4.78 is 0. The van der Waals surface area contributed by atoms with E-state index in [9.17, 15) is 0 Å². The molecule has 2 unspecified atom stereocenters. The number of piperidine rings is 1. The van der Waals surface area contributed by atoms with E-state index in [1.807, 2.05) is 0 Å². The van der Waals surface area contributed by atoms with Gasteiger partial charge in [-0.15, -0.1) is 0 Å². The van der Waals surface area contributed by atoms with Gasteiger partial charge >= 0.3 is 0 Å². The van der Waals surface area contributed by atoms with Crippen molar-refractivity contribution < 1.29 is 0 Å². The summed E-state index contributed by atoms with van der Waals surface area (Å²) in [6.07, 6.45) is 15.4. The maximum absolute atomic E-state index is 3.92. The highest BCUT2D eigenvalue weighted by molar-refractivity contribution is 4.98. The van der Waals surface area contributed by atoms with Crippen molar-refractivity contribution in [2.24, 2.45) is 5.92 Å². The summed E-state index contributed by atoms with van der Waals surface area (Å²) in [7, 11) is 0. The van der Waals surface area contributed by atoms with E-state index in [1.54, 1.807) is 0 Å². The van der Waals surface area contributed by atoms with Crippen LogP contribution in [0.5, 0.6) is 0 Å². The molecule has 0 amide bonds. The Labute approximate surface area is 128 Å². The molecule has 2 atom stereocenters. The van der Waals surface area contributed by atoms with E-state index in [-0.39, 0.29) is 0 Å². The molecule has 1 heterocycles. The second-order valence-corrected chi connectivity index (χ2v) is 8.15. The average Bonchev–Trinajstić information content (AvgIpc) is 2.31. The molecule has 1 aliphatic heterocycles. The smallest absolute Gasteiger partial charge is 0.0160 e. The van der Waals surface area contributed by atoms with Gasteiger partial charge in [-0.05, 0) is 46.0 Å². The maximum Gasteiger partial charge on any atom is 0.0160 e. The lowest BCUT2D eigenvalue weighted by molar-refractivity contribution is 0.102. The Morgan fingerprint density at radius 1 is 0.850 bits per heavy atom. The molecule has 0 saturated carbocycles. The minimum absolute atomic E-state index is 0.328. The van der Waals surface area contributed by atoms with Gasteiger partial charge in [-0.1, -0.05) is 65.2 Å². The molecule has 1 nitrogen and oxygen atoms in total. The molecule has 120 valence electrons. The van der Waals surface area contributed by atoms with Gasteiger partial charge in [-0.2, -0.15) is 0 Å². The van der Waals surface area contributed by atoms with Gasteiger partial charge in [0.05, 0.1) is 0 Å². The van der Waals surface area contributed by atoms with Crippen LogP contribution < -0.4 is 5.32 Å². The van der Waals surface area contributed by atoms with Gasteiger partial charge in [-0.25, -0.2) is 0 Å². The molecule has 1 N–H and O–H groups in total. The molecular formula is C19H39N. The van der Waals surface area contributed by atoms with E-state index in [1.165, 1.54) is 70.6 Å². The number of unbranched alkanes of at least 4 members (excludes halogenated alkanes) is 5. The van der Waals surface area contributed by atoms with Gasteiger partial charge in [0.15, 0.2) is 0 Å². The lowest BCUT2D eigenvalue weighted by atomic mass is 9.72. The summed E-state index contributed by atoms with van der Waals surface area (Å²) in [4.78, 5) is 0. The molecule has 0 aromatic rings. The molecular weight excluding hydrogens is 242 g/mol. The largest absolute Gasteiger partial charge is 0.307 e. The lowest BCUT2D eigenvalue weighted by Crippen LogP contribution is -2.59. The molecule has 1 heteroatoms. The van der Waals surface area contributed by atoms with E-state index in [0.717, 1.165) is 5.92 Å². The first-order chi connectivity index (χ1) is 9.41. The van der Waals surface area contributed by atoms with E-state index in [4.69, 9.17) is 0 Å². The number of rotatable bonds is 9. The minimum atomic E-state index is 0.328. The summed E-state index contributed by atoms with van der Waals surface area (Å²) in [6.45, 7) is 11.9. The van der Waals surface area contributed by atoms with Crippen molar-refractivity contribution in [3.63, 3.8) is 0 Å². The standard InChI is InChI=1S/C19H39N/c1-6-8-9-10-11-12-13-17-15-18(3,4)20-19(5,16-17)14-7-2/h17,20H,6-16H2,1-5H3. The molecule has 1 rings (SSSR count). The molecule has 0 bridgehead atoms. The molecule has 0 aromatic heterocycles. The van der Waals surface area contributed by atoms with E-state index in [2.05, 4.69) is 39.9 Å². The molecule has 0 aromatic carbocycles. The fourth-order valence-electron chi connectivity index (χ4n) is 4.48. The molecule has 20 heavy (non-hydrogen) atoms. The third-order valence-corrected chi connectivity index (χ3v) is 4.95. The number of nitrogens with one attached hydrogen (secondary N) is 1. The highest BCUT2D eigenvalue weighted by Gasteiger charge is 2.39. The summed E-state index contributed by atoms with van der Waals surface area (Å²) in [6, 6.07) is 0. The predicted octanol–water partition coefficient (Wildman–Crippen LogP) is 6.07. The second kappa shape index (κ2) is 8.41. The van der Waals surface area contributed by atoms with Crippen molar-refractivity contribution in [2.75, 3.05) is 0 Å². The summed E-state index contributed by atoms with van der Waals surface area (Å²) in [5.41, 5.74) is 0.707. The van der Waals surface area contributed by atoms with Crippen LogP contribution in [0.3, 0.4) is 0 Å². The Hall–Kier alpha value is -0.0400. The third kappa shape index (κ3) is 6.61. The van der Waals surface area contributed by atoms with Gasteiger partial charge in [0.1, 0.15) is 0 Å². The van der Waals surface area contributed by atoms with E-state index in [0.29, 0.717) is 11.1 Å². The van der Waals surface area contributed by atoms with E-state index >= 15 is 0 Å². The van der Waals surface area contributed by atoms with Crippen LogP contribution in [0.2, 0.25) is 0 Å². The highest BCUT2D eigenvalue weighted by Crippen LogP contribution is 2.37. The fourth-order valence-corrected chi connectivity index (χ4v) is 4.48. The molecule has 0 spiro atoms. The van der Waals surface area contributed by atoms with Gasteiger partial charge in [0.25, 0.3) is 0 Å². The van der Waals surface area contributed by atoms with Crippen molar-refractivity contribution >= 4 is 0 Å². The van der Waals surface area contributed by atoms with Crippen molar-refractivity contribution in [1.82, 2.24) is 5.32 Å². The molecule has 1 aliphatic rings. The zero-order chi connectivity index (χ0) is 15.1. The predicted molar refractivity (Wildman–Crippen MR) is 91.2 cm³/mol. The first-order valence-corrected chi connectivity index (χ1v) is 9.20. The van der Waals surface area contributed by atoms with Crippen molar-refractivity contribution in [2.45, 2.75) is 116 Å². The van der Waals surface area contributed by atoms with Crippen molar-refractivity contribution in [3.05, 3.63) is 0 Å². The second-order valence-electron chi connectivity index (χ2n) is 8.15. The van der Waals surface area contributed by atoms with Crippen LogP contribution in [0, 0.1) is 5.92 Å². The van der Waals surface area contributed by atoms with Crippen molar-refractivity contribution in [1.29, 1.82) is 0 Å². The van der Waals surface area contributed by atoms with Crippen LogP contribution in [0.1, 0.15) is 105 Å². The Bertz CT molecular complexity index is 258. The zero-order valence-corrected chi connectivity index (χ0v) is 14.9. The summed E-state index contributed by atoms with van der Waals surface area (Å²) in [5, 5.41) is 3.92. The van der Waals surface area contributed by atoms with Crippen molar-refractivity contribution in [3.8, 4) is 0 Å². The summed E-state index contributed by atoms with van der Waals surface area (Å²) >= 11 is 0. The van der Waals surface area contributed by atoms with Crippen LogP contribution >= 0.6 is 0 Å². The van der Waals surface area contributed by atoms with Crippen LogP contribution in [0.25, 0.3) is 0 Å². The van der Waals surface area contributed by atoms with Crippen LogP contribution in [0.15, 0.2) is 0 Å². The Balaban J connectivity index is 2.33. The number of hydrogen-bond donors (Lipinski definition) is 1. The fraction of sp³-hybridized carbons (Fsp3) is 1.00. The maximum atomic E-state index is 3.92. The molecule has 0 radical (unpaired) electrons. The first kappa shape index (κ1) is 18.0. The average molecular weight is 282 g/mol. The van der Waals surface area contributed by atoms with Gasteiger partial charge in [0, 0.05) is 11.1 Å². The van der Waals surface area contributed by atoms with Crippen LogP contribution in [-0.4, -0.2) is 11.1 Å². The Kier molecular flexibility index (Phi) is 7.58. The van der Waals surface area contributed by atoms with Crippen LogP contribution in [0.4, 0.5) is 0 Å². The van der Waals surface area contributed by atoms with Gasteiger partial charge in [0.2, 0.25) is 0 Å². The summed E-state index contributed by atoms with van der Waals surface area (Å²) in [5.74, 6) is 0.939.